The summed E-state index contributed by atoms with van der Waals surface area (Å²) in [6, 6.07) is 6.91. The van der Waals surface area contributed by atoms with Gasteiger partial charge in [0, 0.05) is 0 Å². The molecular weight excluding hydrogens is 592 g/mol. The van der Waals surface area contributed by atoms with Crippen LogP contribution in [0.1, 0.15) is 18.1 Å². The average molecular weight is 602 g/mol. The average Bonchev–Trinajstić information content (AvgIpc) is 2.53. The van der Waals surface area contributed by atoms with Crippen LogP contribution in [0.25, 0.3) is 0 Å². The molecule has 2 aromatic carbocycles. The van der Waals surface area contributed by atoms with Gasteiger partial charge in [0.1, 0.15) is 11.5 Å². The van der Waals surface area contributed by atoms with Gasteiger partial charge in [0.25, 0.3) is 6.29 Å². The first-order valence-electron chi connectivity index (χ1n) is 6.88. The number of carbonyl (C=O) groups excluding carboxylic acids is 1. The van der Waals surface area contributed by atoms with Gasteiger partial charge in [-0.25, -0.2) is 4.79 Å². The summed E-state index contributed by atoms with van der Waals surface area (Å²) in [6.45, 7) is 1.85. The number of rotatable bonds is 3. The maximum Gasteiger partial charge on any atom is 0.514 e. The summed E-state index contributed by atoms with van der Waals surface area (Å²) in [5.41, 5.74) is 0.558. The van der Waals surface area contributed by atoms with Crippen molar-refractivity contribution in [3.63, 3.8) is 0 Å². The van der Waals surface area contributed by atoms with Crippen LogP contribution < -0.4 is 0 Å². The second-order valence-electron chi connectivity index (χ2n) is 5.60. The molecule has 1 heterocycles. The number of aromatic hydroxyl groups is 2. The molecule has 0 spiro atoms. The largest absolute Gasteiger partial charge is 0.514 e. The van der Waals surface area contributed by atoms with E-state index in [0.717, 1.165) is 11.1 Å². The van der Waals surface area contributed by atoms with E-state index in [1.807, 2.05) is 6.92 Å². The Morgan fingerprint density at radius 3 is 1.44 bits per heavy atom. The Morgan fingerprint density at radius 2 is 1.16 bits per heavy atom. The van der Waals surface area contributed by atoms with Crippen molar-refractivity contribution in [2.24, 2.45) is 0 Å². The van der Waals surface area contributed by atoms with Gasteiger partial charge in [-0.2, -0.15) is 0 Å². The molecule has 0 aliphatic carbocycles. The van der Waals surface area contributed by atoms with Gasteiger partial charge in [-0.1, -0.05) is 0 Å². The first-order valence-corrected chi connectivity index (χ1v) is 10.1. The molecule has 1 aliphatic heterocycles. The Kier molecular flexibility index (Phi) is 5.13. The van der Waals surface area contributed by atoms with E-state index in [-0.39, 0.29) is 11.5 Å². The van der Waals surface area contributed by atoms with Crippen LogP contribution in [0, 0.1) is 0 Å². The number of hydrogen-bond acceptors (Lipinski definition) is 5. The monoisotopic (exact) mass is 598 g/mol. The number of benzene rings is 2. The Labute approximate surface area is 176 Å². The lowest BCUT2D eigenvalue weighted by Crippen LogP contribution is -2.51. The van der Waals surface area contributed by atoms with E-state index in [2.05, 4.69) is 63.7 Å². The fourth-order valence-corrected chi connectivity index (χ4v) is 4.96. The third kappa shape index (κ3) is 3.20. The van der Waals surface area contributed by atoms with Crippen LogP contribution in [0.5, 0.6) is 11.5 Å². The Balaban J connectivity index is 2.23. The highest BCUT2D eigenvalue weighted by molar-refractivity contribution is 9.11. The number of halogens is 4. The molecule has 0 amide bonds. The Hall–Kier alpha value is -0.770. The van der Waals surface area contributed by atoms with E-state index < -0.39 is 17.9 Å². The third-order valence-electron chi connectivity index (χ3n) is 4.11. The summed E-state index contributed by atoms with van der Waals surface area (Å²) in [4.78, 5) is 11.2. The molecule has 1 fully saturated rings. The minimum atomic E-state index is -0.897. The van der Waals surface area contributed by atoms with Crippen molar-refractivity contribution in [3.05, 3.63) is 53.3 Å². The van der Waals surface area contributed by atoms with Gasteiger partial charge in [0.05, 0.1) is 23.3 Å². The van der Waals surface area contributed by atoms with E-state index in [4.69, 9.17) is 9.47 Å². The molecule has 0 atom stereocenters. The molecule has 25 heavy (non-hydrogen) atoms. The number of carbonyl (C=O) groups is 1. The van der Waals surface area contributed by atoms with E-state index in [1.54, 1.807) is 24.3 Å². The first kappa shape index (κ1) is 19.0. The van der Waals surface area contributed by atoms with Crippen LogP contribution in [-0.4, -0.2) is 22.7 Å². The Bertz CT molecular complexity index is 771. The normalized spacial score (nSPS) is 14.7. The molecule has 1 aliphatic rings. The van der Waals surface area contributed by atoms with Crippen molar-refractivity contribution in [1.82, 2.24) is 0 Å². The minimum Gasteiger partial charge on any atom is -0.506 e. The number of cyclic esters (lactones) is 2. The minimum absolute atomic E-state index is 0.0608. The van der Waals surface area contributed by atoms with Crippen LogP contribution in [0.4, 0.5) is 4.79 Å². The lowest BCUT2D eigenvalue weighted by atomic mass is 9.75. The lowest BCUT2D eigenvalue weighted by molar-refractivity contribution is -0.207. The predicted molar refractivity (Wildman–Crippen MR) is 105 cm³/mol. The molecular formula is C16H10Br4O5. The van der Waals surface area contributed by atoms with Crippen molar-refractivity contribution in [2.45, 2.75) is 18.6 Å². The molecule has 1 saturated heterocycles. The third-order valence-corrected chi connectivity index (χ3v) is 6.53. The molecule has 9 heteroatoms. The van der Waals surface area contributed by atoms with Gasteiger partial charge in [-0.05, 0) is 106 Å². The first-order chi connectivity index (χ1) is 11.6. The summed E-state index contributed by atoms with van der Waals surface area (Å²) < 4.78 is 12.3. The SMILES string of the molecule is CC(c1cc(Br)c(O)c(Br)c1)(c1cc(Br)c(O)c(Br)c1)C1OC(=O)O1. The van der Waals surface area contributed by atoms with Crippen LogP contribution in [0.15, 0.2) is 42.2 Å². The molecule has 2 aromatic rings. The summed E-state index contributed by atoms with van der Waals surface area (Å²) in [5.74, 6) is 0.122. The second-order valence-corrected chi connectivity index (χ2v) is 9.01. The van der Waals surface area contributed by atoms with Crippen molar-refractivity contribution < 1.29 is 24.5 Å². The molecule has 2 N–H and O–H groups in total. The predicted octanol–water partition coefficient (Wildman–Crippen LogP) is 5.95. The van der Waals surface area contributed by atoms with Gasteiger partial charge in [0.2, 0.25) is 0 Å². The van der Waals surface area contributed by atoms with Gasteiger partial charge in [-0.3, -0.25) is 0 Å². The number of ether oxygens (including phenoxy) is 2. The number of phenols is 2. The lowest BCUT2D eigenvalue weighted by Gasteiger charge is -2.41. The molecule has 0 saturated carbocycles. The van der Waals surface area contributed by atoms with E-state index in [0.29, 0.717) is 17.9 Å². The molecule has 3 rings (SSSR count). The summed E-state index contributed by atoms with van der Waals surface area (Å²) in [5, 5.41) is 20.0. The zero-order valence-corrected chi connectivity index (χ0v) is 18.9. The highest BCUT2D eigenvalue weighted by Crippen LogP contribution is 2.47. The zero-order chi connectivity index (χ0) is 18.5. The molecule has 132 valence electrons. The summed E-state index contributed by atoms with van der Waals surface area (Å²) in [7, 11) is 0. The smallest absolute Gasteiger partial charge is 0.506 e. The second kappa shape index (κ2) is 6.75. The fourth-order valence-electron chi connectivity index (χ4n) is 2.59. The number of hydrogen-bond donors (Lipinski definition) is 2. The van der Waals surface area contributed by atoms with Crippen LogP contribution in [0.2, 0.25) is 0 Å². The van der Waals surface area contributed by atoms with Crippen molar-refractivity contribution in [1.29, 1.82) is 0 Å². The van der Waals surface area contributed by atoms with E-state index in [1.165, 1.54) is 0 Å². The molecule has 0 unspecified atom stereocenters. The molecule has 0 radical (unpaired) electrons. The van der Waals surface area contributed by atoms with Gasteiger partial charge >= 0.3 is 6.16 Å². The summed E-state index contributed by atoms with van der Waals surface area (Å²) in [6.07, 6.45) is -1.60. The Morgan fingerprint density at radius 1 is 0.840 bits per heavy atom. The standard InChI is InChI=1S/C16H10Br4O5/c1-16(14-24-15(23)25-14,6-2-8(17)12(21)9(18)3-6)7-4-10(19)13(22)11(20)5-7/h2-5,14,21-22H,1H3. The molecule has 0 aromatic heterocycles. The van der Waals surface area contributed by atoms with Crippen molar-refractivity contribution in [2.75, 3.05) is 0 Å². The van der Waals surface area contributed by atoms with Crippen molar-refractivity contribution >= 4 is 69.9 Å². The highest BCUT2D eigenvalue weighted by atomic mass is 79.9. The molecule has 0 bridgehead atoms. The number of phenolic OH excluding ortho intramolecular Hbond substituents is 2. The van der Waals surface area contributed by atoms with Gasteiger partial charge in [-0.15, -0.1) is 0 Å². The van der Waals surface area contributed by atoms with Crippen molar-refractivity contribution in [3.8, 4) is 11.5 Å². The topological polar surface area (TPSA) is 76.0 Å². The fraction of sp³-hybridized carbons (Fsp3) is 0.188. The highest BCUT2D eigenvalue weighted by Gasteiger charge is 2.50. The van der Waals surface area contributed by atoms with E-state index in [9.17, 15) is 15.0 Å². The van der Waals surface area contributed by atoms with Crippen LogP contribution in [0.3, 0.4) is 0 Å². The van der Waals surface area contributed by atoms with Gasteiger partial charge in [0.15, 0.2) is 0 Å². The summed E-state index contributed by atoms with van der Waals surface area (Å²) >= 11 is 13.3. The van der Waals surface area contributed by atoms with E-state index >= 15 is 0 Å². The molecule has 5 nitrogen and oxygen atoms in total. The van der Waals surface area contributed by atoms with Crippen LogP contribution >= 0.6 is 63.7 Å². The maximum atomic E-state index is 11.2. The maximum absolute atomic E-state index is 11.2. The quantitative estimate of drug-likeness (QED) is 0.426. The van der Waals surface area contributed by atoms with Crippen LogP contribution in [-0.2, 0) is 14.9 Å². The zero-order valence-electron chi connectivity index (χ0n) is 12.5. The van der Waals surface area contributed by atoms with Gasteiger partial charge < -0.3 is 19.7 Å².